The zero-order valence-corrected chi connectivity index (χ0v) is 34.1. The number of nitrogens with zero attached hydrogens (tertiary/aromatic N) is 3. The van der Waals surface area contributed by atoms with Crippen LogP contribution in [0.25, 0.3) is 21.3 Å². The van der Waals surface area contributed by atoms with Crippen molar-refractivity contribution >= 4 is 32.6 Å². The van der Waals surface area contributed by atoms with Gasteiger partial charge in [-0.1, -0.05) is 126 Å². The zero-order valence-electron chi connectivity index (χ0n) is 33.3. The van der Waals surface area contributed by atoms with Crippen molar-refractivity contribution < 1.29 is 32.4 Å². The Morgan fingerprint density at radius 3 is 1.83 bits per heavy atom. The van der Waals surface area contributed by atoms with Gasteiger partial charge in [0.1, 0.15) is 11.0 Å². The number of benzene rings is 4. The summed E-state index contributed by atoms with van der Waals surface area (Å²) >= 11 is 1.71. The van der Waals surface area contributed by atoms with Crippen molar-refractivity contribution in [3.63, 3.8) is 0 Å². The first-order valence-electron chi connectivity index (χ1n) is 17.9. The third kappa shape index (κ3) is 9.66. The minimum atomic E-state index is -3.54. The molecule has 0 bridgehead atoms. The van der Waals surface area contributed by atoms with Crippen molar-refractivity contribution in [2.24, 2.45) is 0 Å². The summed E-state index contributed by atoms with van der Waals surface area (Å²) in [6.45, 7) is 25.8. The van der Waals surface area contributed by atoms with E-state index in [1.165, 1.54) is 33.0 Å². The van der Waals surface area contributed by atoms with Crippen LogP contribution < -0.4 is 18.9 Å². The molecule has 0 amide bonds. The van der Waals surface area contributed by atoms with Crippen LogP contribution in [0.15, 0.2) is 82.9 Å². The fourth-order valence-electron chi connectivity index (χ4n) is 5.83. The fraction of sp³-hybridized carbons (Fsp3) is 0.419. The maximum atomic E-state index is 12.9. The van der Waals surface area contributed by atoms with Gasteiger partial charge in [0.25, 0.3) is 0 Å². The second kappa shape index (κ2) is 15.2. The van der Waals surface area contributed by atoms with Crippen LogP contribution in [0.4, 0.5) is 8.78 Å². The van der Waals surface area contributed by atoms with E-state index in [2.05, 4.69) is 123 Å². The maximum Gasteiger partial charge on any atom is 0.586 e. The van der Waals surface area contributed by atoms with E-state index in [0.717, 1.165) is 28.1 Å². The Hall–Kier alpha value is -4.77. The molecule has 0 saturated heterocycles. The number of rotatable bonds is 0. The van der Waals surface area contributed by atoms with E-state index in [1.54, 1.807) is 23.5 Å². The van der Waals surface area contributed by atoms with Crippen LogP contribution in [-0.4, -0.2) is 28.4 Å². The van der Waals surface area contributed by atoms with Gasteiger partial charge in [0.15, 0.2) is 23.0 Å². The van der Waals surface area contributed by atoms with Gasteiger partial charge in [-0.25, -0.2) is 9.61 Å². The van der Waals surface area contributed by atoms with Crippen LogP contribution in [0, 0.1) is 0 Å². The summed E-state index contributed by atoms with van der Waals surface area (Å²) < 4.78 is 51.1. The van der Waals surface area contributed by atoms with E-state index < -0.39 is 6.29 Å². The Bertz CT molecular complexity index is 2120. The van der Waals surface area contributed by atoms with E-state index in [4.69, 9.17) is 14.1 Å². The summed E-state index contributed by atoms with van der Waals surface area (Å²) in [4.78, 5) is 4.40. The average Bonchev–Trinajstić information content (AvgIpc) is 3.87. The Morgan fingerprint density at radius 2 is 1.19 bits per heavy atom. The van der Waals surface area contributed by atoms with Gasteiger partial charge in [-0.05, 0) is 79.0 Å². The summed E-state index contributed by atoms with van der Waals surface area (Å²) in [6.07, 6.45) is -3.54. The SMILES string of the molecule is CC(C)(C)c1ccc2c(c1)OCO2.CC(C)(C)c1cccc2c1OC(F)(F)O2.CC(C)(C)c1cccc2nonc12.CC(C)(C)c1cccc2scnc12. The van der Waals surface area contributed by atoms with Crippen LogP contribution in [-0.2, 0) is 21.7 Å². The molecular formula is C43H51F2N3O5S. The second-order valence-electron chi connectivity index (χ2n) is 17.3. The predicted octanol–water partition coefficient (Wildman–Crippen LogP) is 12.1. The number of aromatic nitrogens is 3. The third-order valence-corrected chi connectivity index (χ3v) is 9.53. The largest absolute Gasteiger partial charge is 0.586 e. The molecule has 2 aliphatic heterocycles. The number of hydrogen-bond donors (Lipinski definition) is 0. The lowest BCUT2D eigenvalue weighted by Gasteiger charge is -2.20. The summed E-state index contributed by atoms with van der Waals surface area (Å²) in [5, 5.41) is 7.71. The third-order valence-electron chi connectivity index (χ3n) is 8.74. The molecule has 0 N–H and O–H groups in total. The van der Waals surface area contributed by atoms with Gasteiger partial charge >= 0.3 is 6.29 Å². The Kier molecular flexibility index (Phi) is 11.3. The van der Waals surface area contributed by atoms with E-state index in [-0.39, 0.29) is 33.2 Å². The predicted molar refractivity (Wildman–Crippen MR) is 211 cm³/mol. The topological polar surface area (TPSA) is 88.7 Å². The molecule has 4 heterocycles. The normalized spacial score (nSPS) is 14.4. The Balaban J connectivity index is 0.000000139. The van der Waals surface area contributed by atoms with Gasteiger partial charge < -0.3 is 18.9 Å². The molecule has 0 fully saturated rings. The van der Waals surface area contributed by atoms with Gasteiger partial charge in [0, 0.05) is 5.56 Å². The standard InChI is InChI=1S/C11H12F2O2.C11H13NS.C11H14O2.C10H12N2O/c1-10(2,3)7-5-4-6-8-9(7)15-11(12,13)14-8;1-11(2,3)8-5-4-6-9-10(8)12-7-13-9;1-11(2,3)8-4-5-9-10(6-8)13-7-12-9;1-10(2,3)7-5-4-6-8-9(7)12-13-11-8/h4-6H,1-3H3;4-7H,1-3H3;4-6H,7H2,1-3H3;4-6H,1-3H3. The summed E-state index contributed by atoms with van der Waals surface area (Å²) in [5.41, 5.74) is 9.47. The molecule has 4 aromatic carbocycles. The number of para-hydroxylation sites is 2. The molecule has 54 heavy (non-hydrogen) atoms. The average molecular weight is 760 g/mol. The molecule has 8 nitrogen and oxygen atoms in total. The van der Waals surface area contributed by atoms with Gasteiger partial charge in [-0.2, -0.15) is 0 Å². The van der Waals surface area contributed by atoms with Crippen LogP contribution in [0.2, 0.25) is 0 Å². The van der Waals surface area contributed by atoms with Crippen molar-refractivity contribution in [1.82, 2.24) is 15.3 Å². The fourth-order valence-corrected chi connectivity index (χ4v) is 6.53. The van der Waals surface area contributed by atoms with E-state index in [1.807, 2.05) is 44.5 Å². The van der Waals surface area contributed by atoms with Crippen molar-refractivity contribution in [3.8, 4) is 23.0 Å². The monoisotopic (exact) mass is 759 g/mol. The van der Waals surface area contributed by atoms with E-state index >= 15 is 0 Å². The van der Waals surface area contributed by atoms with Gasteiger partial charge in [-0.3, -0.25) is 0 Å². The lowest BCUT2D eigenvalue weighted by atomic mass is 9.86. The highest BCUT2D eigenvalue weighted by Gasteiger charge is 2.45. The zero-order chi connectivity index (χ0) is 39.7. The molecular weight excluding hydrogens is 709 g/mol. The van der Waals surface area contributed by atoms with Crippen molar-refractivity contribution in [1.29, 1.82) is 0 Å². The molecule has 0 unspecified atom stereocenters. The first-order valence-corrected chi connectivity index (χ1v) is 18.8. The highest BCUT2D eigenvalue weighted by atomic mass is 32.1. The molecule has 11 heteroatoms. The van der Waals surface area contributed by atoms with Gasteiger partial charge in [0.05, 0.1) is 15.7 Å². The van der Waals surface area contributed by atoms with Crippen molar-refractivity contribution in [2.75, 3.05) is 6.79 Å². The van der Waals surface area contributed by atoms with Crippen LogP contribution in [0.1, 0.15) is 105 Å². The number of thiazole rings is 1. The highest BCUT2D eigenvalue weighted by Crippen LogP contribution is 2.46. The maximum absolute atomic E-state index is 12.9. The number of fused-ring (bicyclic) bond motifs is 4. The summed E-state index contributed by atoms with van der Waals surface area (Å²) in [5.74, 6) is 1.97. The molecule has 0 aliphatic carbocycles. The second-order valence-corrected chi connectivity index (χ2v) is 18.2. The molecule has 8 rings (SSSR count). The van der Waals surface area contributed by atoms with E-state index in [0.29, 0.717) is 6.79 Å². The molecule has 6 aromatic rings. The number of hydrogen-bond acceptors (Lipinski definition) is 9. The molecule has 2 aliphatic rings. The summed E-state index contributed by atoms with van der Waals surface area (Å²) in [7, 11) is 0. The molecule has 0 saturated carbocycles. The first kappa shape index (κ1) is 40.4. The van der Waals surface area contributed by atoms with E-state index in [9.17, 15) is 8.78 Å². The molecule has 0 atom stereocenters. The smallest absolute Gasteiger partial charge is 0.454 e. The minimum Gasteiger partial charge on any atom is -0.454 e. The highest BCUT2D eigenvalue weighted by molar-refractivity contribution is 7.16. The number of alkyl halides is 2. The van der Waals surface area contributed by atoms with Crippen LogP contribution in [0.5, 0.6) is 23.0 Å². The minimum absolute atomic E-state index is 0.0814. The summed E-state index contributed by atoms with van der Waals surface area (Å²) in [6, 6.07) is 23.4. The molecule has 2 aromatic heterocycles. The van der Waals surface area contributed by atoms with Gasteiger partial charge in [-0.15, -0.1) is 20.1 Å². The lowest BCUT2D eigenvalue weighted by Crippen LogP contribution is -2.26. The lowest BCUT2D eigenvalue weighted by molar-refractivity contribution is -0.287. The van der Waals surface area contributed by atoms with Crippen LogP contribution >= 0.6 is 11.3 Å². The first-order chi connectivity index (χ1) is 25.0. The van der Waals surface area contributed by atoms with Crippen molar-refractivity contribution in [3.05, 3.63) is 101 Å². The molecule has 0 radical (unpaired) electrons. The van der Waals surface area contributed by atoms with Crippen molar-refractivity contribution in [2.45, 2.75) is 111 Å². The van der Waals surface area contributed by atoms with Gasteiger partial charge in [0.2, 0.25) is 6.79 Å². The Labute approximate surface area is 320 Å². The number of halogens is 2. The molecule has 288 valence electrons. The van der Waals surface area contributed by atoms with Crippen LogP contribution in [0.3, 0.4) is 0 Å². The Morgan fingerprint density at radius 1 is 0.593 bits per heavy atom. The quantitative estimate of drug-likeness (QED) is 0.151. The number of ether oxygens (including phenoxy) is 4. The molecule has 0 spiro atoms.